The van der Waals surface area contributed by atoms with Gasteiger partial charge >= 0.3 is 11.9 Å². The van der Waals surface area contributed by atoms with Crippen LogP contribution >= 0.6 is 0 Å². The standard InChI is InChI=1S/C10H16O5/c1-4-10(5-2,7(11)8(12)13)9(14)15-6-3/h4-6H2,1-3H3,(H,12,13). The van der Waals surface area contributed by atoms with Gasteiger partial charge in [-0.25, -0.2) is 4.79 Å². The molecule has 0 aromatic carbocycles. The van der Waals surface area contributed by atoms with E-state index in [0.29, 0.717) is 0 Å². The number of ether oxygens (including phenoxy) is 1. The zero-order valence-electron chi connectivity index (χ0n) is 9.20. The van der Waals surface area contributed by atoms with E-state index >= 15 is 0 Å². The molecule has 1 N–H and O–H groups in total. The molecule has 0 aliphatic rings. The Morgan fingerprint density at radius 3 is 1.87 bits per heavy atom. The summed E-state index contributed by atoms with van der Waals surface area (Å²) in [5.74, 6) is -3.43. The number of rotatable bonds is 6. The molecule has 0 spiro atoms. The van der Waals surface area contributed by atoms with Crippen molar-refractivity contribution in [2.75, 3.05) is 6.61 Å². The molecular weight excluding hydrogens is 200 g/mol. The number of hydrogen-bond donors (Lipinski definition) is 1. The Morgan fingerprint density at radius 1 is 1.13 bits per heavy atom. The molecule has 0 saturated heterocycles. The van der Waals surface area contributed by atoms with Gasteiger partial charge in [0, 0.05) is 0 Å². The molecule has 15 heavy (non-hydrogen) atoms. The number of ketones is 1. The maximum Gasteiger partial charge on any atom is 0.373 e. The van der Waals surface area contributed by atoms with Gasteiger partial charge in [0.25, 0.3) is 5.78 Å². The van der Waals surface area contributed by atoms with E-state index in [1.54, 1.807) is 20.8 Å². The number of carboxylic acid groups (broad SMARTS) is 1. The van der Waals surface area contributed by atoms with Crippen LogP contribution in [0.5, 0.6) is 0 Å². The van der Waals surface area contributed by atoms with Crippen molar-refractivity contribution in [1.82, 2.24) is 0 Å². The van der Waals surface area contributed by atoms with Gasteiger partial charge in [0.05, 0.1) is 6.61 Å². The van der Waals surface area contributed by atoms with Crippen LogP contribution in [0.1, 0.15) is 33.6 Å². The Hall–Kier alpha value is -1.39. The molecule has 86 valence electrons. The van der Waals surface area contributed by atoms with Gasteiger partial charge in [0.2, 0.25) is 0 Å². The molecule has 0 aromatic heterocycles. The van der Waals surface area contributed by atoms with Crippen LogP contribution in [0.3, 0.4) is 0 Å². The lowest BCUT2D eigenvalue weighted by Crippen LogP contribution is -2.43. The summed E-state index contributed by atoms with van der Waals surface area (Å²) < 4.78 is 4.74. The Kier molecular flexibility index (Phi) is 4.97. The topological polar surface area (TPSA) is 80.7 Å². The Morgan fingerprint density at radius 2 is 1.60 bits per heavy atom. The van der Waals surface area contributed by atoms with E-state index in [4.69, 9.17) is 9.84 Å². The van der Waals surface area contributed by atoms with E-state index < -0.39 is 23.1 Å². The Labute approximate surface area is 88.4 Å². The minimum Gasteiger partial charge on any atom is -0.475 e. The molecule has 0 aromatic rings. The normalized spacial score (nSPS) is 10.9. The fourth-order valence-corrected chi connectivity index (χ4v) is 1.43. The van der Waals surface area contributed by atoms with Gasteiger partial charge in [-0.2, -0.15) is 0 Å². The fourth-order valence-electron chi connectivity index (χ4n) is 1.43. The predicted octanol–water partition coefficient (Wildman–Crippen LogP) is 1.01. The average molecular weight is 216 g/mol. The van der Waals surface area contributed by atoms with E-state index in [0.717, 1.165) is 0 Å². The Balaban J connectivity index is 5.12. The predicted molar refractivity (Wildman–Crippen MR) is 52.3 cm³/mol. The van der Waals surface area contributed by atoms with Gasteiger partial charge in [-0.3, -0.25) is 9.59 Å². The summed E-state index contributed by atoms with van der Waals surface area (Å²) in [6.07, 6.45) is 0.265. The van der Waals surface area contributed by atoms with Gasteiger partial charge in [0.1, 0.15) is 5.41 Å². The van der Waals surface area contributed by atoms with Crippen molar-refractivity contribution in [2.24, 2.45) is 5.41 Å². The van der Waals surface area contributed by atoms with Crippen molar-refractivity contribution < 1.29 is 24.2 Å². The number of carbonyl (C=O) groups is 3. The van der Waals surface area contributed by atoms with Gasteiger partial charge in [-0.1, -0.05) is 13.8 Å². The van der Waals surface area contributed by atoms with Crippen molar-refractivity contribution in [3.63, 3.8) is 0 Å². The third-order valence-corrected chi connectivity index (χ3v) is 2.50. The summed E-state index contributed by atoms with van der Waals surface area (Å²) in [7, 11) is 0. The quantitative estimate of drug-likeness (QED) is 0.407. The van der Waals surface area contributed by atoms with Crippen molar-refractivity contribution in [3.05, 3.63) is 0 Å². The maximum atomic E-state index is 11.6. The van der Waals surface area contributed by atoms with E-state index in [2.05, 4.69) is 0 Å². The highest BCUT2D eigenvalue weighted by molar-refractivity contribution is 6.39. The smallest absolute Gasteiger partial charge is 0.373 e. The molecule has 5 heteroatoms. The lowest BCUT2D eigenvalue weighted by Gasteiger charge is -2.25. The maximum absolute atomic E-state index is 11.6. The largest absolute Gasteiger partial charge is 0.475 e. The molecule has 0 radical (unpaired) electrons. The number of carbonyl (C=O) groups excluding carboxylic acids is 2. The average Bonchev–Trinajstić information content (AvgIpc) is 2.20. The number of carboxylic acids is 1. The second-order valence-corrected chi connectivity index (χ2v) is 3.14. The molecule has 0 aliphatic carbocycles. The van der Waals surface area contributed by atoms with Crippen LogP contribution in [0.15, 0.2) is 0 Å². The molecule has 5 nitrogen and oxygen atoms in total. The molecule has 0 amide bonds. The fraction of sp³-hybridized carbons (Fsp3) is 0.700. The minimum absolute atomic E-state index is 0.132. The highest BCUT2D eigenvalue weighted by Gasteiger charge is 2.47. The molecule has 0 atom stereocenters. The summed E-state index contributed by atoms with van der Waals surface area (Å²) in [5.41, 5.74) is -1.53. The summed E-state index contributed by atoms with van der Waals surface area (Å²) in [6, 6.07) is 0. The number of aliphatic carboxylic acids is 1. The third kappa shape index (κ3) is 2.55. The molecule has 0 saturated carbocycles. The van der Waals surface area contributed by atoms with E-state index in [1.165, 1.54) is 0 Å². The summed E-state index contributed by atoms with van der Waals surface area (Å²) in [6.45, 7) is 4.94. The lowest BCUT2D eigenvalue weighted by atomic mass is 9.78. The number of Topliss-reactive ketones (excluding diaryl/α,β-unsaturated/α-hetero) is 1. The second kappa shape index (κ2) is 5.48. The summed E-state index contributed by atoms with van der Waals surface area (Å²) in [5, 5.41) is 8.64. The van der Waals surface area contributed by atoms with Gasteiger partial charge in [-0.15, -0.1) is 0 Å². The first kappa shape index (κ1) is 13.6. The van der Waals surface area contributed by atoms with E-state index in [9.17, 15) is 14.4 Å². The first-order chi connectivity index (χ1) is 6.96. The second-order valence-electron chi connectivity index (χ2n) is 3.14. The highest BCUT2D eigenvalue weighted by atomic mass is 16.5. The highest BCUT2D eigenvalue weighted by Crippen LogP contribution is 2.29. The molecule has 0 fully saturated rings. The van der Waals surface area contributed by atoms with Crippen molar-refractivity contribution in [3.8, 4) is 0 Å². The van der Waals surface area contributed by atoms with Crippen molar-refractivity contribution >= 4 is 17.7 Å². The van der Waals surface area contributed by atoms with Crippen LogP contribution in [0.4, 0.5) is 0 Å². The zero-order valence-corrected chi connectivity index (χ0v) is 9.20. The minimum atomic E-state index is -1.59. The van der Waals surface area contributed by atoms with Gasteiger partial charge in [-0.05, 0) is 19.8 Å². The molecule has 0 rings (SSSR count). The summed E-state index contributed by atoms with van der Waals surface area (Å²) in [4.78, 5) is 33.6. The monoisotopic (exact) mass is 216 g/mol. The van der Waals surface area contributed by atoms with Crippen LogP contribution in [0, 0.1) is 5.41 Å². The third-order valence-electron chi connectivity index (χ3n) is 2.50. The zero-order chi connectivity index (χ0) is 12.1. The Bertz CT molecular complexity index is 265. The first-order valence-electron chi connectivity index (χ1n) is 4.91. The first-order valence-corrected chi connectivity index (χ1v) is 4.91. The SMILES string of the molecule is CCOC(=O)C(CC)(CC)C(=O)C(=O)O. The van der Waals surface area contributed by atoms with Gasteiger partial charge < -0.3 is 9.84 Å². The molecule has 0 unspecified atom stereocenters. The number of hydrogen-bond acceptors (Lipinski definition) is 4. The molecule has 0 aliphatic heterocycles. The van der Waals surface area contributed by atoms with Gasteiger partial charge in [0.15, 0.2) is 0 Å². The van der Waals surface area contributed by atoms with E-state index in [-0.39, 0.29) is 19.4 Å². The van der Waals surface area contributed by atoms with Crippen LogP contribution in [0.2, 0.25) is 0 Å². The molecule has 0 bridgehead atoms. The molecule has 0 heterocycles. The van der Waals surface area contributed by atoms with E-state index in [1.807, 2.05) is 0 Å². The molecular formula is C10H16O5. The summed E-state index contributed by atoms with van der Waals surface area (Å²) >= 11 is 0. The van der Waals surface area contributed by atoms with Crippen LogP contribution in [0.25, 0.3) is 0 Å². The van der Waals surface area contributed by atoms with Crippen LogP contribution in [-0.4, -0.2) is 29.4 Å². The number of esters is 1. The lowest BCUT2D eigenvalue weighted by molar-refractivity contribution is -0.167. The van der Waals surface area contributed by atoms with Crippen molar-refractivity contribution in [2.45, 2.75) is 33.6 Å². The van der Waals surface area contributed by atoms with Crippen LogP contribution in [-0.2, 0) is 19.1 Å². The van der Waals surface area contributed by atoms with Crippen LogP contribution < -0.4 is 0 Å². The van der Waals surface area contributed by atoms with Crippen molar-refractivity contribution in [1.29, 1.82) is 0 Å².